The first-order valence-corrected chi connectivity index (χ1v) is 11.2. The van der Waals surface area contributed by atoms with E-state index in [0.29, 0.717) is 0 Å². The predicted octanol–water partition coefficient (Wildman–Crippen LogP) is 6.42. The van der Waals surface area contributed by atoms with Gasteiger partial charge in [-0.3, -0.25) is 0 Å². The third-order valence-electron chi connectivity index (χ3n) is 4.69. The van der Waals surface area contributed by atoms with Crippen LogP contribution in [0.4, 0.5) is 29.3 Å². The van der Waals surface area contributed by atoms with Crippen molar-refractivity contribution in [3.63, 3.8) is 0 Å². The van der Waals surface area contributed by atoms with Gasteiger partial charge in [-0.2, -0.15) is 13.2 Å². The van der Waals surface area contributed by atoms with Crippen molar-refractivity contribution in [3.05, 3.63) is 77.4 Å². The van der Waals surface area contributed by atoms with E-state index in [9.17, 15) is 22.8 Å². The van der Waals surface area contributed by atoms with Crippen molar-refractivity contribution < 1.29 is 36.7 Å². The predicted molar refractivity (Wildman–Crippen MR) is 129 cm³/mol. The molecule has 0 aliphatic carbocycles. The molecule has 0 saturated carbocycles. The van der Waals surface area contributed by atoms with E-state index in [0.717, 1.165) is 18.4 Å². The van der Waals surface area contributed by atoms with Crippen molar-refractivity contribution in [1.82, 2.24) is 15.0 Å². The Labute approximate surface area is 217 Å². The fraction of sp³-hybridized carbons (Fsp3) is 0.125. The molecule has 2 amide bonds. The summed E-state index contributed by atoms with van der Waals surface area (Å²) in [6.07, 6.45) is -2.33. The van der Waals surface area contributed by atoms with E-state index < -0.39 is 28.8 Å². The molecule has 0 bridgehead atoms. The molecule has 14 heteroatoms. The highest BCUT2D eigenvalue weighted by Crippen LogP contribution is 2.36. The van der Waals surface area contributed by atoms with Crippen LogP contribution in [0.2, 0.25) is 5.02 Å². The number of urea groups is 1. The van der Waals surface area contributed by atoms with E-state index >= 15 is 0 Å². The Morgan fingerprint density at radius 1 is 1.05 bits per heavy atom. The first-order chi connectivity index (χ1) is 18.1. The topological polar surface area (TPSA) is 128 Å². The first kappa shape index (κ1) is 26.4. The van der Waals surface area contributed by atoms with Crippen LogP contribution in [0.5, 0.6) is 11.6 Å². The number of rotatable bonds is 7. The van der Waals surface area contributed by atoms with Gasteiger partial charge in [-0.15, -0.1) is 0 Å². The van der Waals surface area contributed by atoms with Crippen LogP contribution >= 0.6 is 11.6 Å². The molecular weight excluding hydrogens is 531 g/mol. The second-order valence-electron chi connectivity index (χ2n) is 7.40. The maximum atomic E-state index is 13.1. The van der Waals surface area contributed by atoms with Crippen molar-refractivity contribution in [3.8, 4) is 23.2 Å². The van der Waals surface area contributed by atoms with Crippen LogP contribution in [-0.4, -0.2) is 33.6 Å². The van der Waals surface area contributed by atoms with E-state index in [4.69, 9.17) is 25.5 Å². The Morgan fingerprint density at radius 3 is 2.55 bits per heavy atom. The van der Waals surface area contributed by atoms with Gasteiger partial charge in [-0.25, -0.2) is 24.5 Å². The number of benzene rings is 2. The zero-order chi connectivity index (χ0) is 27.3. The normalized spacial score (nSPS) is 11.1. The molecule has 0 atom stereocenters. The highest BCUT2D eigenvalue weighted by atomic mass is 35.5. The molecule has 4 rings (SSSR count). The molecule has 38 heavy (non-hydrogen) atoms. The summed E-state index contributed by atoms with van der Waals surface area (Å²) in [4.78, 5) is 36.2. The van der Waals surface area contributed by atoms with E-state index in [1.807, 2.05) is 0 Å². The molecule has 196 valence electrons. The highest BCUT2D eigenvalue weighted by molar-refractivity contribution is 6.31. The third-order valence-corrected chi connectivity index (χ3v) is 5.02. The van der Waals surface area contributed by atoms with E-state index in [-0.39, 0.29) is 46.9 Å². The standard InChI is InChI=1S/C24H17ClF3N5O5/c1-2-36-22(34)19-11-37-21(33-19)18-10-20(30-12-29-18)38-15-5-3-4-13(8-15)31-23(35)32-14-6-7-17(25)16(9-14)24(26,27)28/h3-12H,2H2,1H3,(H2,31,32,35). The van der Waals surface area contributed by atoms with Gasteiger partial charge in [-0.05, 0) is 37.3 Å². The van der Waals surface area contributed by atoms with Gasteiger partial charge in [0.1, 0.15) is 24.0 Å². The van der Waals surface area contributed by atoms with E-state index in [1.165, 1.54) is 24.5 Å². The summed E-state index contributed by atoms with van der Waals surface area (Å²) < 4.78 is 55.0. The van der Waals surface area contributed by atoms with Gasteiger partial charge < -0.3 is 24.5 Å². The van der Waals surface area contributed by atoms with Crippen LogP contribution in [0, 0.1) is 0 Å². The Morgan fingerprint density at radius 2 is 1.82 bits per heavy atom. The number of hydrogen-bond donors (Lipinski definition) is 2. The second-order valence-corrected chi connectivity index (χ2v) is 7.81. The number of ether oxygens (including phenoxy) is 2. The van der Waals surface area contributed by atoms with Crippen molar-refractivity contribution in [1.29, 1.82) is 0 Å². The number of alkyl halides is 3. The van der Waals surface area contributed by atoms with Gasteiger partial charge in [-0.1, -0.05) is 17.7 Å². The lowest BCUT2D eigenvalue weighted by molar-refractivity contribution is -0.137. The summed E-state index contributed by atoms with van der Waals surface area (Å²) in [5, 5.41) is 4.34. The number of halogens is 4. The molecule has 2 heterocycles. The van der Waals surface area contributed by atoms with Crippen LogP contribution < -0.4 is 15.4 Å². The van der Waals surface area contributed by atoms with Gasteiger partial charge >= 0.3 is 18.2 Å². The van der Waals surface area contributed by atoms with Crippen LogP contribution in [0.1, 0.15) is 23.0 Å². The lowest BCUT2D eigenvalue weighted by Crippen LogP contribution is -2.20. The number of nitrogens with zero attached hydrogens (tertiary/aromatic N) is 3. The maximum absolute atomic E-state index is 13.1. The minimum absolute atomic E-state index is 0.0202. The zero-order valence-electron chi connectivity index (χ0n) is 19.4. The number of carbonyl (C=O) groups excluding carboxylic acids is 2. The Hall–Kier alpha value is -4.65. The van der Waals surface area contributed by atoms with Crippen LogP contribution in [0.25, 0.3) is 11.6 Å². The number of oxazole rings is 1. The number of hydrogen-bond acceptors (Lipinski definition) is 8. The number of esters is 1. The Balaban J connectivity index is 1.43. The van der Waals surface area contributed by atoms with Gasteiger partial charge in [0.2, 0.25) is 11.8 Å². The second kappa shape index (κ2) is 11.2. The van der Waals surface area contributed by atoms with Crippen molar-refractivity contribution in [2.75, 3.05) is 17.2 Å². The maximum Gasteiger partial charge on any atom is 0.417 e. The summed E-state index contributed by atoms with van der Waals surface area (Å²) in [6, 6.07) is 9.83. The molecule has 2 N–H and O–H groups in total. The molecule has 10 nitrogen and oxygen atoms in total. The fourth-order valence-corrected chi connectivity index (χ4v) is 3.30. The minimum atomic E-state index is -4.67. The molecule has 4 aromatic rings. The molecule has 0 spiro atoms. The summed E-state index contributed by atoms with van der Waals surface area (Å²) in [5.74, 6) is -0.215. The fourth-order valence-electron chi connectivity index (χ4n) is 3.07. The molecule has 2 aromatic heterocycles. The summed E-state index contributed by atoms with van der Waals surface area (Å²) in [7, 11) is 0. The average molecular weight is 548 g/mol. The van der Waals surface area contributed by atoms with Gasteiger partial charge in [0.25, 0.3) is 0 Å². The summed E-state index contributed by atoms with van der Waals surface area (Å²) in [6.45, 7) is 1.85. The lowest BCUT2D eigenvalue weighted by atomic mass is 10.2. The average Bonchev–Trinajstić information content (AvgIpc) is 3.36. The Kier molecular flexibility index (Phi) is 7.76. The smallest absolute Gasteiger partial charge is 0.417 e. The molecule has 0 unspecified atom stereocenters. The Bertz CT molecular complexity index is 1480. The monoisotopic (exact) mass is 547 g/mol. The third kappa shape index (κ3) is 6.56. The van der Waals surface area contributed by atoms with Gasteiger partial charge in [0.15, 0.2) is 5.69 Å². The number of nitrogens with one attached hydrogen (secondary N) is 2. The summed E-state index contributed by atoms with van der Waals surface area (Å²) >= 11 is 5.60. The quantitative estimate of drug-likeness (QED) is 0.254. The zero-order valence-corrected chi connectivity index (χ0v) is 20.1. The number of amides is 2. The van der Waals surface area contributed by atoms with E-state index in [1.54, 1.807) is 25.1 Å². The number of aromatic nitrogens is 3. The van der Waals surface area contributed by atoms with Crippen LogP contribution in [0.15, 0.2) is 65.5 Å². The molecule has 0 saturated heterocycles. The molecular formula is C24H17ClF3N5O5. The van der Waals surface area contributed by atoms with Crippen LogP contribution in [-0.2, 0) is 10.9 Å². The number of anilines is 2. The lowest BCUT2D eigenvalue weighted by Gasteiger charge is -2.13. The summed E-state index contributed by atoms with van der Waals surface area (Å²) in [5.41, 5.74) is -0.670. The molecule has 0 aliphatic rings. The van der Waals surface area contributed by atoms with Gasteiger partial charge in [0, 0.05) is 23.5 Å². The van der Waals surface area contributed by atoms with Crippen LogP contribution in [0.3, 0.4) is 0 Å². The van der Waals surface area contributed by atoms with Crippen molar-refractivity contribution >= 4 is 35.0 Å². The van der Waals surface area contributed by atoms with Gasteiger partial charge in [0.05, 0.1) is 17.2 Å². The molecule has 0 radical (unpaired) electrons. The van der Waals surface area contributed by atoms with Crippen molar-refractivity contribution in [2.24, 2.45) is 0 Å². The SMILES string of the molecule is CCOC(=O)c1coc(-c2cc(Oc3cccc(NC(=O)Nc4ccc(Cl)c(C(F)(F)F)c4)c3)ncn2)n1. The molecule has 0 aliphatic heterocycles. The molecule has 2 aromatic carbocycles. The van der Waals surface area contributed by atoms with Crippen molar-refractivity contribution in [2.45, 2.75) is 13.1 Å². The first-order valence-electron chi connectivity index (χ1n) is 10.8. The molecule has 0 fully saturated rings. The highest BCUT2D eigenvalue weighted by Gasteiger charge is 2.33. The number of carbonyl (C=O) groups is 2. The largest absolute Gasteiger partial charge is 0.461 e. The minimum Gasteiger partial charge on any atom is -0.461 e. The van der Waals surface area contributed by atoms with E-state index in [2.05, 4.69) is 25.6 Å².